The van der Waals surface area contributed by atoms with E-state index in [0.29, 0.717) is 0 Å². The molecule has 2 rings (SSSR count). The Kier molecular flexibility index (Phi) is 5.00. The third-order valence-electron chi connectivity index (χ3n) is 4.87. The third-order valence-corrected chi connectivity index (χ3v) is 4.87. The highest BCUT2D eigenvalue weighted by Gasteiger charge is 2.41. The number of nitrogens with two attached hydrogens (primary N) is 1. The summed E-state index contributed by atoms with van der Waals surface area (Å²) in [5.41, 5.74) is 7.76. The lowest BCUT2D eigenvalue weighted by atomic mass is 9.80. The zero-order chi connectivity index (χ0) is 14.6. The van der Waals surface area contributed by atoms with Crippen molar-refractivity contribution in [3.05, 3.63) is 24.0 Å². The maximum Gasteiger partial charge on any atom is 0.137 e. The standard InChI is InChI=1S/C16H27N3O/c1-4-16(5-2,19-8-6-7-9-19)15(17)13-10-14(20-3)12-18-11-13/h10-12,15H,4-9,17H2,1-3H3. The molecule has 1 aromatic rings. The van der Waals surface area contributed by atoms with Gasteiger partial charge in [0.15, 0.2) is 0 Å². The number of likely N-dealkylation sites (tertiary alicyclic amines) is 1. The first kappa shape index (κ1) is 15.3. The molecule has 4 nitrogen and oxygen atoms in total. The van der Waals surface area contributed by atoms with Gasteiger partial charge in [0.25, 0.3) is 0 Å². The summed E-state index contributed by atoms with van der Waals surface area (Å²) in [7, 11) is 1.67. The largest absolute Gasteiger partial charge is 0.495 e. The molecular weight excluding hydrogens is 250 g/mol. The summed E-state index contributed by atoms with van der Waals surface area (Å²) in [6.45, 7) is 6.81. The van der Waals surface area contributed by atoms with Gasteiger partial charge in [0, 0.05) is 17.8 Å². The molecule has 20 heavy (non-hydrogen) atoms. The van der Waals surface area contributed by atoms with Crippen molar-refractivity contribution >= 4 is 0 Å². The minimum absolute atomic E-state index is 0.0294. The van der Waals surface area contributed by atoms with Crippen LogP contribution in [0.3, 0.4) is 0 Å². The van der Waals surface area contributed by atoms with E-state index in [1.807, 2.05) is 12.3 Å². The molecule has 2 N–H and O–H groups in total. The van der Waals surface area contributed by atoms with Crippen LogP contribution in [0.25, 0.3) is 0 Å². The number of aromatic nitrogens is 1. The molecule has 0 spiro atoms. The molecule has 0 aromatic carbocycles. The van der Waals surface area contributed by atoms with Crippen molar-refractivity contribution in [2.24, 2.45) is 5.73 Å². The molecule has 0 bridgehead atoms. The van der Waals surface area contributed by atoms with Gasteiger partial charge in [0.1, 0.15) is 5.75 Å². The van der Waals surface area contributed by atoms with Crippen LogP contribution in [0.4, 0.5) is 0 Å². The van der Waals surface area contributed by atoms with Crippen molar-refractivity contribution in [2.75, 3.05) is 20.2 Å². The quantitative estimate of drug-likeness (QED) is 0.868. The summed E-state index contributed by atoms with van der Waals surface area (Å²) in [4.78, 5) is 6.84. The smallest absolute Gasteiger partial charge is 0.137 e. The van der Waals surface area contributed by atoms with Gasteiger partial charge >= 0.3 is 0 Å². The Morgan fingerprint density at radius 3 is 2.50 bits per heavy atom. The van der Waals surface area contributed by atoms with E-state index in [1.165, 1.54) is 12.8 Å². The summed E-state index contributed by atoms with van der Waals surface area (Å²) < 4.78 is 5.28. The van der Waals surface area contributed by atoms with Gasteiger partial charge in [-0.05, 0) is 50.4 Å². The highest BCUT2D eigenvalue weighted by molar-refractivity contribution is 5.28. The van der Waals surface area contributed by atoms with Gasteiger partial charge in [-0.25, -0.2) is 0 Å². The van der Waals surface area contributed by atoms with E-state index in [1.54, 1.807) is 13.3 Å². The lowest BCUT2D eigenvalue weighted by molar-refractivity contribution is 0.0765. The van der Waals surface area contributed by atoms with Gasteiger partial charge in [-0.2, -0.15) is 0 Å². The van der Waals surface area contributed by atoms with Gasteiger partial charge in [0.2, 0.25) is 0 Å². The van der Waals surface area contributed by atoms with E-state index in [4.69, 9.17) is 10.5 Å². The summed E-state index contributed by atoms with van der Waals surface area (Å²) in [5.74, 6) is 0.778. The van der Waals surface area contributed by atoms with Crippen molar-refractivity contribution in [3.63, 3.8) is 0 Å². The van der Waals surface area contributed by atoms with Crippen molar-refractivity contribution in [1.82, 2.24) is 9.88 Å². The maximum absolute atomic E-state index is 6.66. The molecule has 1 aliphatic heterocycles. The third kappa shape index (κ3) is 2.67. The highest BCUT2D eigenvalue weighted by atomic mass is 16.5. The molecule has 1 aliphatic rings. The SMILES string of the molecule is CCC(CC)(C(N)c1cncc(OC)c1)N1CCCC1. The second kappa shape index (κ2) is 6.55. The van der Waals surface area contributed by atoms with Crippen LogP contribution in [-0.2, 0) is 0 Å². The summed E-state index contributed by atoms with van der Waals surface area (Å²) in [5, 5.41) is 0. The highest BCUT2D eigenvalue weighted by Crippen LogP contribution is 2.38. The van der Waals surface area contributed by atoms with Gasteiger partial charge in [-0.1, -0.05) is 13.8 Å². The second-order valence-electron chi connectivity index (χ2n) is 5.64. The van der Waals surface area contributed by atoms with E-state index in [2.05, 4.69) is 23.7 Å². The molecule has 0 aliphatic carbocycles. The second-order valence-corrected chi connectivity index (χ2v) is 5.64. The van der Waals surface area contributed by atoms with Crippen LogP contribution in [-0.4, -0.2) is 35.6 Å². The Hall–Kier alpha value is -1.13. The minimum atomic E-state index is -0.0294. The lowest BCUT2D eigenvalue weighted by Gasteiger charge is -2.45. The van der Waals surface area contributed by atoms with Crippen LogP contribution in [0.15, 0.2) is 18.5 Å². The molecule has 1 aromatic heterocycles. The van der Waals surface area contributed by atoms with Gasteiger partial charge in [-0.3, -0.25) is 9.88 Å². The zero-order valence-corrected chi connectivity index (χ0v) is 12.9. The predicted octanol–water partition coefficient (Wildman–Crippen LogP) is 2.74. The molecule has 4 heteroatoms. The number of hydrogen-bond donors (Lipinski definition) is 1. The Labute approximate surface area is 122 Å². The van der Waals surface area contributed by atoms with Crippen molar-refractivity contribution in [1.29, 1.82) is 0 Å². The van der Waals surface area contributed by atoms with E-state index < -0.39 is 0 Å². The first-order chi connectivity index (χ1) is 9.67. The van der Waals surface area contributed by atoms with Crippen LogP contribution in [0.5, 0.6) is 5.75 Å². The van der Waals surface area contributed by atoms with Crippen molar-refractivity contribution < 1.29 is 4.74 Å². The van der Waals surface area contributed by atoms with E-state index in [9.17, 15) is 0 Å². The molecule has 1 fully saturated rings. The average Bonchev–Trinajstić information content (AvgIpc) is 3.04. The van der Waals surface area contributed by atoms with Crippen LogP contribution in [0.2, 0.25) is 0 Å². The number of methoxy groups -OCH3 is 1. The lowest BCUT2D eigenvalue weighted by Crippen LogP contribution is -2.53. The molecule has 112 valence electrons. The van der Waals surface area contributed by atoms with Gasteiger partial charge in [0.05, 0.1) is 13.3 Å². The molecule has 2 heterocycles. The molecular formula is C16H27N3O. The molecule has 1 unspecified atom stereocenters. The first-order valence-corrected chi connectivity index (χ1v) is 7.67. The number of ether oxygens (including phenoxy) is 1. The fourth-order valence-corrected chi connectivity index (χ4v) is 3.52. The van der Waals surface area contributed by atoms with Crippen LogP contribution in [0, 0.1) is 0 Å². The van der Waals surface area contributed by atoms with Crippen molar-refractivity contribution in [2.45, 2.75) is 51.1 Å². The minimum Gasteiger partial charge on any atom is -0.495 e. The number of nitrogens with zero attached hydrogens (tertiary/aromatic N) is 2. The zero-order valence-electron chi connectivity index (χ0n) is 12.9. The molecule has 0 amide bonds. The van der Waals surface area contributed by atoms with Gasteiger partial charge in [-0.15, -0.1) is 0 Å². The van der Waals surface area contributed by atoms with Crippen LogP contribution < -0.4 is 10.5 Å². The predicted molar refractivity (Wildman–Crippen MR) is 81.8 cm³/mol. The number of hydrogen-bond acceptors (Lipinski definition) is 4. The monoisotopic (exact) mass is 277 g/mol. The number of pyridine rings is 1. The normalized spacial score (nSPS) is 18.2. The summed E-state index contributed by atoms with van der Waals surface area (Å²) >= 11 is 0. The Morgan fingerprint density at radius 1 is 1.30 bits per heavy atom. The van der Waals surface area contributed by atoms with E-state index >= 15 is 0 Å². The fraction of sp³-hybridized carbons (Fsp3) is 0.688. The fourth-order valence-electron chi connectivity index (χ4n) is 3.52. The van der Waals surface area contributed by atoms with Crippen LogP contribution in [0.1, 0.15) is 51.1 Å². The Bertz CT molecular complexity index is 425. The Morgan fingerprint density at radius 2 is 1.95 bits per heavy atom. The van der Waals surface area contributed by atoms with E-state index in [-0.39, 0.29) is 11.6 Å². The average molecular weight is 277 g/mol. The molecule has 1 saturated heterocycles. The van der Waals surface area contributed by atoms with Crippen molar-refractivity contribution in [3.8, 4) is 5.75 Å². The maximum atomic E-state index is 6.66. The van der Waals surface area contributed by atoms with Gasteiger partial charge < -0.3 is 10.5 Å². The first-order valence-electron chi connectivity index (χ1n) is 7.67. The number of rotatable bonds is 6. The summed E-state index contributed by atoms with van der Waals surface area (Å²) in [6, 6.07) is 1.99. The molecule has 0 saturated carbocycles. The topological polar surface area (TPSA) is 51.4 Å². The Balaban J connectivity index is 2.32. The summed E-state index contributed by atoms with van der Waals surface area (Å²) in [6.07, 6.45) is 8.29. The molecule has 0 radical (unpaired) electrons. The van der Waals surface area contributed by atoms with Crippen LogP contribution >= 0.6 is 0 Å². The molecule has 1 atom stereocenters. The van der Waals surface area contributed by atoms with E-state index in [0.717, 1.165) is 37.2 Å².